The molecule has 0 spiro atoms. The van der Waals surface area contributed by atoms with Crippen molar-refractivity contribution in [2.75, 3.05) is 0 Å². The number of rotatable bonds is 7. The number of aromatic nitrogens is 2. The molecule has 0 amide bonds. The van der Waals surface area contributed by atoms with E-state index < -0.39 is 6.10 Å². The lowest BCUT2D eigenvalue weighted by molar-refractivity contribution is 0.218. The van der Waals surface area contributed by atoms with Gasteiger partial charge in [-0.1, -0.05) is 54.6 Å². The molecule has 0 saturated heterocycles. The molecule has 1 aromatic heterocycles. The Kier molecular flexibility index (Phi) is 7.58. The topological polar surface area (TPSA) is 71.2 Å². The molecule has 159 valence electrons. The fourth-order valence-electron chi connectivity index (χ4n) is 3.41. The summed E-state index contributed by atoms with van der Waals surface area (Å²) in [5.41, 5.74) is 6.26. The second-order valence-corrected chi connectivity index (χ2v) is 7.25. The van der Waals surface area contributed by atoms with Gasteiger partial charge >= 0.3 is 0 Å². The minimum absolute atomic E-state index is 0. The largest absolute Gasteiger partial charge is 0.416 e. The van der Waals surface area contributed by atoms with E-state index in [4.69, 9.17) is 4.42 Å². The maximum Gasteiger partial charge on any atom is 0.248 e. The van der Waals surface area contributed by atoms with Gasteiger partial charge in [-0.2, -0.15) is 0 Å². The van der Waals surface area contributed by atoms with Crippen LogP contribution in [0.5, 0.6) is 0 Å². The summed E-state index contributed by atoms with van der Waals surface area (Å²) >= 11 is 0. The number of hydrogen-bond acceptors (Lipinski definition) is 5. The van der Waals surface area contributed by atoms with Crippen LogP contribution in [0.1, 0.15) is 18.1 Å². The van der Waals surface area contributed by atoms with Crippen LogP contribution >= 0.6 is 12.4 Å². The lowest BCUT2D eigenvalue weighted by Crippen LogP contribution is -2.17. The Morgan fingerprint density at radius 3 is 2.35 bits per heavy atom. The van der Waals surface area contributed by atoms with Crippen molar-refractivity contribution in [3.63, 3.8) is 0 Å². The summed E-state index contributed by atoms with van der Waals surface area (Å²) in [5.74, 6) is 0.988. The average molecular weight is 435 g/mol. The molecule has 4 aromatic rings. The predicted molar refractivity (Wildman–Crippen MR) is 125 cm³/mol. The first kappa shape index (κ1) is 22.7. The maximum atomic E-state index is 9.34. The van der Waals surface area contributed by atoms with E-state index in [9.17, 15) is 5.11 Å². The van der Waals surface area contributed by atoms with E-state index in [2.05, 4.69) is 40.6 Å². The Bertz CT molecular complexity index is 1130. The quantitative estimate of drug-likeness (QED) is 0.405. The van der Waals surface area contributed by atoms with Gasteiger partial charge in [-0.15, -0.1) is 22.6 Å². The molecule has 0 bridgehead atoms. The molecule has 1 radical (unpaired) electrons. The molecule has 0 aliphatic rings. The summed E-state index contributed by atoms with van der Waals surface area (Å²) in [4.78, 5) is 0. The van der Waals surface area contributed by atoms with Crippen molar-refractivity contribution in [2.24, 2.45) is 0 Å². The lowest BCUT2D eigenvalue weighted by atomic mass is 9.96. The SMILES string of the molecule is Cc1c(-c2ccccc2)cccc1-c1nnc(-c2cccc(CN[CH][C@@H](C)O)c2)o1.Cl. The van der Waals surface area contributed by atoms with Gasteiger partial charge in [0.25, 0.3) is 0 Å². The summed E-state index contributed by atoms with van der Waals surface area (Å²) in [7, 11) is 0. The number of aliphatic hydroxyl groups excluding tert-OH is 1. The molecule has 0 fully saturated rings. The Morgan fingerprint density at radius 1 is 0.903 bits per heavy atom. The van der Waals surface area contributed by atoms with Crippen LogP contribution in [0.4, 0.5) is 0 Å². The first-order chi connectivity index (χ1) is 14.6. The summed E-state index contributed by atoms with van der Waals surface area (Å²) in [6.45, 7) is 6.04. The van der Waals surface area contributed by atoms with Crippen molar-refractivity contribution in [3.05, 3.63) is 90.5 Å². The standard InChI is InChI=1S/C25H24N3O2.ClH/c1-17(29)15-26-16-19-8-6-11-21(14-19)24-27-28-25(30-24)23-13-7-12-22(18(23)2)20-9-4-3-5-10-20;/h3-15,17,26,29H,16H2,1-2H3;1H/t17-;/m1./s1. The van der Waals surface area contributed by atoms with Crippen LogP contribution in [-0.2, 0) is 6.54 Å². The molecule has 3 aromatic carbocycles. The monoisotopic (exact) mass is 434 g/mol. The summed E-state index contributed by atoms with van der Waals surface area (Å²) in [6.07, 6.45) is -0.499. The van der Waals surface area contributed by atoms with Crippen LogP contribution in [0.25, 0.3) is 34.0 Å². The van der Waals surface area contributed by atoms with Crippen LogP contribution in [0.3, 0.4) is 0 Å². The Balaban J connectivity index is 0.00000272. The van der Waals surface area contributed by atoms with E-state index in [0.29, 0.717) is 18.3 Å². The number of benzene rings is 3. The van der Waals surface area contributed by atoms with Gasteiger partial charge in [0.15, 0.2) is 0 Å². The van der Waals surface area contributed by atoms with E-state index in [1.165, 1.54) is 0 Å². The van der Waals surface area contributed by atoms with Crippen molar-refractivity contribution in [2.45, 2.75) is 26.5 Å². The molecule has 4 rings (SSSR count). The van der Waals surface area contributed by atoms with E-state index >= 15 is 0 Å². The molecule has 31 heavy (non-hydrogen) atoms. The second kappa shape index (κ2) is 10.4. The molecule has 0 unspecified atom stereocenters. The molecular weight excluding hydrogens is 410 g/mol. The fraction of sp³-hybridized carbons (Fsp3) is 0.160. The van der Waals surface area contributed by atoms with Crippen LogP contribution < -0.4 is 5.32 Å². The van der Waals surface area contributed by atoms with Crippen LogP contribution in [0.2, 0.25) is 0 Å². The predicted octanol–water partition coefficient (Wildman–Crippen LogP) is 5.43. The van der Waals surface area contributed by atoms with Crippen molar-refractivity contribution < 1.29 is 9.52 Å². The molecule has 0 aliphatic heterocycles. The van der Waals surface area contributed by atoms with Crippen LogP contribution in [0, 0.1) is 13.5 Å². The van der Waals surface area contributed by atoms with E-state index in [1.807, 2.05) is 54.6 Å². The van der Waals surface area contributed by atoms with Gasteiger partial charge < -0.3 is 14.8 Å². The average Bonchev–Trinajstić information content (AvgIpc) is 3.25. The highest BCUT2D eigenvalue weighted by Crippen LogP contribution is 2.32. The number of nitrogens with one attached hydrogen (secondary N) is 1. The van der Waals surface area contributed by atoms with Crippen LogP contribution in [-0.4, -0.2) is 21.4 Å². The minimum Gasteiger partial charge on any atom is -0.416 e. The molecule has 1 heterocycles. The molecular formula is C25H25ClN3O2. The highest BCUT2D eigenvalue weighted by Gasteiger charge is 2.15. The van der Waals surface area contributed by atoms with Gasteiger partial charge in [0.2, 0.25) is 11.8 Å². The third-order valence-corrected chi connectivity index (χ3v) is 4.91. The fourth-order valence-corrected chi connectivity index (χ4v) is 3.41. The van der Waals surface area contributed by atoms with Gasteiger partial charge in [-0.25, -0.2) is 0 Å². The first-order valence-corrected chi connectivity index (χ1v) is 9.95. The Hall–Kier alpha value is -2.99. The van der Waals surface area contributed by atoms with Crippen molar-refractivity contribution in [3.8, 4) is 34.0 Å². The molecule has 1 atom stereocenters. The molecule has 0 saturated carbocycles. The zero-order valence-electron chi connectivity index (χ0n) is 17.4. The number of hydrogen-bond donors (Lipinski definition) is 2. The van der Waals surface area contributed by atoms with Crippen LogP contribution in [0.15, 0.2) is 77.2 Å². The summed E-state index contributed by atoms with van der Waals surface area (Å²) in [5, 5.41) is 21.0. The number of halogens is 1. The van der Waals surface area contributed by atoms with E-state index in [0.717, 1.165) is 33.4 Å². The lowest BCUT2D eigenvalue weighted by Gasteiger charge is -2.09. The van der Waals surface area contributed by atoms with Gasteiger partial charge in [-0.3, -0.25) is 0 Å². The van der Waals surface area contributed by atoms with E-state index in [1.54, 1.807) is 13.5 Å². The molecule has 6 heteroatoms. The Labute approximate surface area is 188 Å². The highest BCUT2D eigenvalue weighted by atomic mass is 35.5. The molecule has 0 aliphatic carbocycles. The van der Waals surface area contributed by atoms with Gasteiger partial charge in [0.1, 0.15) is 0 Å². The molecule has 2 N–H and O–H groups in total. The zero-order valence-corrected chi connectivity index (χ0v) is 18.3. The van der Waals surface area contributed by atoms with Gasteiger partial charge in [0.05, 0.1) is 12.6 Å². The van der Waals surface area contributed by atoms with Gasteiger partial charge in [-0.05, 0) is 54.3 Å². The number of nitrogens with zero attached hydrogens (tertiary/aromatic N) is 2. The normalized spacial score (nSPS) is 11.7. The first-order valence-electron chi connectivity index (χ1n) is 9.95. The smallest absolute Gasteiger partial charge is 0.248 e. The van der Waals surface area contributed by atoms with Crippen molar-refractivity contribution in [1.29, 1.82) is 0 Å². The Morgan fingerprint density at radius 2 is 1.58 bits per heavy atom. The second-order valence-electron chi connectivity index (χ2n) is 7.25. The third-order valence-electron chi connectivity index (χ3n) is 4.91. The zero-order chi connectivity index (χ0) is 20.9. The van der Waals surface area contributed by atoms with Crippen molar-refractivity contribution in [1.82, 2.24) is 15.5 Å². The number of aliphatic hydroxyl groups is 1. The summed E-state index contributed by atoms with van der Waals surface area (Å²) in [6, 6.07) is 24.3. The summed E-state index contributed by atoms with van der Waals surface area (Å²) < 4.78 is 6.03. The minimum atomic E-state index is -0.499. The van der Waals surface area contributed by atoms with E-state index in [-0.39, 0.29) is 12.4 Å². The molecule has 5 nitrogen and oxygen atoms in total. The van der Waals surface area contributed by atoms with Gasteiger partial charge in [0, 0.05) is 17.7 Å². The van der Waals surface area contributed by atoms with Crippen molar-refractivity contribution >= 4 is 12.4 Å². The maximum absolute atomic E-state index is 9.34. The third kappa shape index (κ3) is 5.39. The highest BCUT2D eigenvalue weighted by molar-refractivity contribution is 5.85.